The second kappa shape index (κ2) is 5.51. The summed E-state index contributed by atoms with van der Waals surface area (Å²) in [5, 5.41) is 0. The highest BCUT2D eigenvalue weighted by Crippen LogP contribution is 2.41. The van der Waals surface area contributed by atoms with Crippen molar-refractivity contribution in [3.05, 3.63) is 48.3 Å². The summed E-state index contributed by atoms with van der Waals surface area (Å²) in [5.41, 5.74) is 3.77. The first-order chi connectivity index (χ1) is 12.3. The van der Waals surface area contributed by atoms with Crippen molar-refractivity contribution in [3.63, 3.8) is 0 Å². The third-order valence-corrected chi connectivity index (χ3v) is 4.85. The number of nitrogens with one attached hydrogen (secondary N) is 1. The summed E-state index contributed by atoms with van der Waals surface area (Å²) in [6.45, 7) is 1.13. The van der Waals surface area contributed by atoms with Crippen molar-refractivity contribution in [1.82, 2.24) is 9.97 Å². The Bertz CT molecular complexity index is 965. The van der Waals surface area contributed by atoms with E-state index in [1.807, 2.05) is 41.3 Å². The highest BCUT2D eigenvalue weighted by atomic mass is 16.6. The number of nitrogens with zero attached hydrogens (tertiary/aromatic N) is 2. The third-order valence-electron chi connectivity index (χ3n) is 4.85. The van der Waals surface area contributed by atoms with Gasteiger partial charge in [0.1, 0.15) is 13.2 Å². The largest absolute Gasteiger partial charge is 0.486 e. The molecular formula is C19H17N3O3. The number of hydrogen-bond acceptors (Lipinski definition) is 4. The Balaban J connectivity index is 1.54. The SMILES string of the molecule is O=C1CCC(c2ccc3c(c2)OCCO3)N1c1ccc2[nH]cnc2c1. The molecule has 1 aromatic heterocycles. The molecule has 2 aliphatic rings. The van der Waals surface area contributed by atoms with E-state index in [2.05, 4.69) is 9.97 Å². The predicted octanol–water partition coefficient (Wildman–Crippen LogP) is 3.20. The predicted molar refractivity (Wildman–Crippen MR) is 93.0 cm³/mol. The number of benzene rings is 2. The zero-order chi connectivity index (χ0) is 16.8. The fraction of sp³-hybridized carbons (Fsp3) is 0.263. The zero-order valence-electron chi connectivity index (χ0n) is 13.6. The fourth-order valence-electron chi connectivity index (χ4n) is 3.66. The van der Waals surface area contributed by atoms with Gasteiger partial charge in [0.2, 0.25) is 5.91 Å². The lowest BCUT2D eigenvalue weighted by molar-refractivity contribution is -0.117. The first-order valence-corrected chi connectivity index (χ1v) is 8.44. The van der Waals surface area contributed by atoms with Crippen LogP contribution in [0.2, 0.25) is 0 Å². The number of H-pyrrole nitrogens is 1. The average Bonchev–Trinajstić information content (AvgIpc) is 3.27. The molecule has 5 rings (SSSR count). The van der Waals surface area contributed by atoms with Crippen LogP contribution >= 0.6 is 0 Å². The van der Waals surface area contributed by atoms with E-state index in [-0.39, 0.29) is 11.9 Å². The zero-order valence-corrected chi connectivity index (χ0v) is 13.6. The van der Waals surface area contributed by atoms with Crippen LogP contribution in [-0.2, 0) is 4.79 Å². The van der Waals surface area contributed by atoms with Gasteiger partial charge in [-0.25, -0.2) is 4.98 Å². The lowest BCUT2D eigenvalue weighted by Crippen LogP contribution is -2.27. The van der Waals surface area contributed by atoms with Crippen molar-refractivity contribution in [1.29, 1.82) is 0 Å². The molecule has 1 saturated heterocycles. The van der Waals surface area contributed by atoms with Crippen LogP contribution in [0.4, 0.5) is 5.69 Å². The number of carbonyl (C=O) groups is 1. The Kier molecular flexibility index (Phi) is 3.16. The lowest BCUT2D eigenvalue weighted by atomic mass is 10.0. The molecule has 3 aromatic rings. The van der Waals surface area contributed by atoms with Gasteiger partial charge in [-0.1, -0.05) is 6.07 Å². The summed E-state index contributed by atoms with van der Waals surface area (Å²) in [6.07, 6.45) is 2.99. The molecule has 1 fully saturated rings. The molecule has 2 aromatic carbocycles. The van der Waals surface area contributed by atoms with E-state index in [1.54, 1.807) is 6.33 Å². The van der Waals surface area contributed by atoms with Gasteiger partial charge in [0.25, 0.3) is 0 Å². The van der Waals surface area contributed by atoms with Crippen LogP contribution in [0.3, 0.4) is 0 Å². The van der Waals surface area contributed by atoms with Crippen molar-refractivity contribution in [2.75, 3.05) is 18.1 Å². The Hall–Kier alpha value is -3.02. The molecule has 6 nitrogen and oxygen atoms in total. The second-order valence-corrected chi connectivity index (χ2v) is 6.33. The lowest BCUT2D eigenvalue weighted by Gasteiger charge is -2.27. The Morgan fingerprint density at radius 2 is 1.96 bits per heavy atom. The number of ether oxygens (including phenoxy) is 2. The number of carbonyl (C=O) groups excluding carboxylic acids is 1. The van der Waals surface area contributed by atoms with Gasteiger partial charge in [-0.2, -0.15) is 0 Å². The van der Waals surface area contributed by atoms with Crippen molar-refractivity contribution >= 4 is 22.6 Å². The number of fused-ring (bicyclic) bond motifs is 2. The Morgan fingerprint density at radius 3 is 2.88 bits per heavy atom. The minimum absolute atomic E-state index is 0.000261. The van der Waals surface area contributed by atoms with Crippen molar-refractivity contribution in [3.8, 4) is 11.5 Å². The van der Waals surface area contributed by atoms with Crippen LogP contribution in [0, 0.1) is 0 Å². The van der Waals surface area contributed by atoms with Gasteiger partial charge in [0, 0.05) is 12.1 Å². The van der Waals surface area contributed by atoms with Gasteiger partial charge in [-0.3, -0.25) is 4.79 Å². The van der Waals surface area contributed by atoms with E-state index in [4.69, 9.17) is 9.47 Å². The molecule has 126 valence electrons. The van der Waals surface area contributed by atoms with Gasteiger partial charge in [0.05, 0.1) is 23.4 Å². The van der Waals surface area contributed by atoms with Crippen molar-refractivity contribution < 1.29 is 14.3 Å². The standard InChI is InChI=1S/C19H17N3O3/c23-19-6-4-16(12-1-5-17-18(9-12)25-8-7-24-17)22(19)13-2-3-14-15(10-13)21-11-20-14/h1-3,5,9-11,16H,4,6-8H2,(H,20,21). The van der Waals surface area contributed by atoms with E-state index in [9.17, 15) is 4.79 Å². The molecule has 1 N–H and O–H groups in total. The van der Waals surface area contributed by atoms with E-state index < -0.39 is 0 Å². The third kappa shape index (κ3) is 2.33. The molecule has 6 heteroatoms. The molecular weight excluding hydrogens is 318 g/mol. The van der Waals surface area contributed by atoms with Crippen molar-refractivity contribution in [2.45, 2.75) is 18.9 Å². The molecule has 2 aliphatic heterocycles. The molecule has 25 heavy (non-hydrogen) atoms. The quantitative estimate of drug-likeness (QED) is 0.781. The van der Waals surface area contributed by atoms with E-state index in [1.165, 1.54) is 0 Å². The molecule has 1 atom stereocenters. The summed E-state index contributed by atoms with van der Waals surface area (Å²) in [4.78, 5) is 21.8. The molecule has 0 aliphatic carbocycles. The maximum absolute atomic E-state index is 12.6. The highest BCUT2D eigenvalue weighted by Gasteiger charge is 2.34. The molecule has 0 bridgehead atoms. The Morgan fingerprint density at radius 1 is 1.08 bits per heavy atom. The maximum atomic E-state index is 12.6. The van der Waals surface area contributed by atoms with Gasteiger partial charge in [-0.15, -0.1) is 0 Å². The van der Waals surface area contributed by atoms with Crippen LogP contribution < -0.4 is 14.4 Å². The monoisotopic (exact) mass is 335 g/mol. The van der Waals surface area contributed by atoms with Crippen molar-refractivity contribution in [2.24, 2.45) is 0 Å². The fourth-order valence-corrected chi connectivity index (χ4v) is 3.66. The summed E-state index contributed by atoms with van der Waals surface area (Å²) >= 11 is 0. The van der Waals surface area contributed by atoms with Gasteiger partial charge in [0.15, 0.2) is 11.5 Å². The smallest absolute Gasteiger partial charge is 0.227 e. The Labute approximate surface area is 144 Å². The minimum atomic E-state index is -0.000261. The summed E-state index contributed by atoms with van der Waals surface area (Å²) in [7, 11) is 0. The highest BCUT2D eigenvalue weighted by molar-refractivity contribution is 5.98. The normalized spacial score (nSPS) is 19.6. The minimum Gasteiger partial charge on any atom is -0.486 e. The summed E-state index contributed by atoms with van der Waals surface area (Å²) in [5.74, 6) is 1.66. The maximum Gasteiger partial charge on any atom is 0.227 e. The van der Waals surface area contributed by atoms with Gasteiger partial charge >= 0.3 is 0 Å². The number of rotatable bonds is 2. The first-order valence-electron chi connectivity index (χ1n) is 8.44. The number of imidazole rings is 1. The summed E-state index contributed by atoms with van der Waals surface area (Å²) < 4.78 is 11.3. The van der Waals surface area contributed by atoms with Crippen LogP contribution in [-0.4, -0.2) is 29.1 Å². The van der Waals surface area contributed by atoms with Crippen LogP contribution in [0.25, 0.3) is 11.0 Å². The van der Waals surface area contributed by atoms with E-state index in [0.717, 1.165) is 40.2 Å². The number of anilines is 1. The second-order valence-electron chi connectivity index (χ2n) is 6.33. The number of hydrogen-bond donors (Lipinski definition) is 1. The molecule has 0 radical (unpaired) electrons. The van der Waals surface area contributed by atoms with Crippen LogP contribution in [0.5, 0.6) is 11.5 Å². The molecule has 0 saturated carbocycles. The van der Waals surface area contributed by atoms with E-state index >= 15 is 0 Å². The van der Waals surface area contributed by atoms with Crippen LogP contribution in [0.15, 0.2) is 42.7 Å². The molecule has 0 spiro atoms. The molecule has 1 unspecified atom stereocenters. The number of aromatic nitrogens is 2. The molecule has 3 heterocycles. The first kappa shape index (κ1) is 14.3. The molecule has 1 amide bonds. The van der Waals surface area contributed by atoms with Crippen LogP contribution in [0.1, 0.15) is 24.4 Å². The van der Waals surface area contributed by atoms with E-state index in [0.29, 0.717) is 19.6 Å². The van der Waals surface area contributed by atoms with Gasteiger partial charge < -0.3 is 19.4 Å². The van der Waals surface area contributed by atoms with Gasteiger partial charge in [-0.05, 0) is 42.3 Å². The number of amides is 1. The summed E-state index contributed by atoms with van der Waals surface area (Å²) in [6, 6.07) is 11.8. The average molecular weight is 335 g/mol. The topological polar surface area (TPSA) is 67.5 Å². The number of aromatic amines is 1.